The molecular weight excluding hydrogens is 308 g/mol. The second kappa shape index (κ2) is 7.92. The molecule has 23 heavy (non-hydrogen) atoms. The lowest BCUT2D eigenvalue weighted by Gasteiger charge is -2.21. The normalized spacial score (nSPS) is 12.0. The van der Waals surface area contributed by atoms with Gasteiger partial charge in [0.1, 0.15) is 6.04 Å². The van der Waals surface area contributed by atoms with Crippen molar-refractivity contribution in [2.75, 3.05) is 5.32 Å². The molecule has 0 aliphatic rings. The van der Waals surface area contributed by atoms with Crippen LogP contribution in [0.2, 0.25) is 0 Å². The van der Waals surface area contributed by atoms with Gasteiger partial charge in [-0.3, -0.25) is 9.59 Å². The van der Waals surface area contributed by atoms with Gasteiger partial charge in [0.15, 0.2) is 0 Å². The van der Waals surface area contributed by atoms with Gasteiger partial charge in [-0.15, -0.1) is 11.3 Å². The van der Waals surface area contributed by atoms with E-state index in [4.69, 9.17) is 0 Å². The highest BCUT2D eigenvalue weighted by Crippen LogP contribution is 2.14. The van der Waals surface area contributed by atoms with E-state index in [0.29, 0.717) is 4.88 Å². The predicted molar refractivity (Wildman–Crippen MR) is 94.9 cm³/mol. The number of thiophene rings is 1. The molecule has 1 heterocycles. The van der Waals surface area contributed by atoms with Crippen LogP contribution in [0.4, 0.5) is 5.69 Å². The maximum absolute atomic E-state index is 12.5. The summed E-state index contributed by atoms with van der Waals surface area (Å²) >= 11 is 1.36. The molecule has 0 saturated heterocycles. The Kier molecular flexibility index (Phi) is 5.93. The van der Waals surface area contributed by atoms with Gasteiger partial charge in [0, 0.05) is 5.69 Å². The Labute approximate surface area is 140 Å². The Morgan fingerprint density at radius 3 is 2.35 bits per heavy atom. The van der Waals surface area contributed by atoms with Crippen molar-refractivity contribution in [1.29, 1.82) is 0 Å². The maximum Gasteiger partial charge on any atom is 0.262 e. The third-order valence-electron chi connectivity index (χ3n) is 3.61. The molecule has 1 aromatic heterocycles. The first-order valence-electron chi connectivity index (χ1n) is 7.75. The number of carbonyl (C=O) groups excluding carboxylic acids is 2. The molecule has 2 amide bonds. The molecule has 122 valence electrons. The molecule has 1 aromatic carbocycles. The molecule has 2 rings (SSSR count). The fourth-order valence-electron chi connectivity index (χ4n) is 2.20. The standard InChI is InChI=1S/C18H22N2O2S/c1-4-13-7-9-14(10-8-13)19-18(22)16(12(2)3)20-17(21)15-6-5-11-23-15/h5-12,16H,4H2,1-3H3,(H,19,22)(H,20,21). The Bertz CT molecular complexity index is 648. The van der Waals surface area contributed by atoms with Crippen LogP contribution in [-0.4, -0.2) is 17.9 Å². The van der Waals surface area contributed by atoms with Gasteiger partial charge in [0.25, 0.3) is 5.91 Å². The number of benzene rings is 1. The van der Waals surface area contributed by atoms with Gasteiger partial charge >= 0.3 is 0 Å². The van der Waals surface area contributed by atoms with Crippen molar-refractivity contribution in [3.63, 3.8) is 0 Å². The highest BCUT2D eigenvalue weighted by Gasteiger charge is 2.25. The average Bonchev–Trinajstić information content (AvgIpc) is 3.07. The molecule has 0 fully saturated rings. The van der Waals surface area contributed by atoms with Crippen LogP contribution in [-0.2, 0) is 11.2 Å². The topological polar surface area (TPSA) is 58.2 Å². The Morgan fingerprint density at radius 2 is 1.83 bits per heavy atom. The van der Waals surface area contributed by atoms with Crippen LogP contribution in [0, 0.1) is 5.92 Å². The first kappa shape index (κ1) is 17.2. The van der Waals surface area contributed by atoms with Gasteiger partial charge < -0.3 is 10.6 Å². The zero-order valence-corrected chi connectivity index (χ0v) is 14.4. The molecular formula is C18H22N2O2S. The summed E-state index contributed by atoms with van der Waals surface area (Å²) in [4.78, 5) is 25.3. The lowest BCUT2D eigenvalue weighted by molar-refractivity contribution is -0.118. The highest BCUT2D eigenvalue weighted by atomic mass is 32.1. The highest BCUT2D eigenvalue weighted by molar-refractivity contribution is 7.12. The molecule has 2 aromatic rings. The number of amides is 2. The van der Waals surface area contributed by atoms with E-state index in [1.165, 1.54) is 16.9 Å². The molecule has 2 N–H and O–H groups in total. The van der Waals surface area contributed by atoms with Gasteiger partial charge in [-0.2, -0.15) is 0 Å². The zero-order valence-electron chi connectivity index (χ0n) is 13.6. The lowest BCUT2D eigenvalue weighted by atomic mass is 10.0. The number of rotatable bonds is 6. The number of nitrogens with one attached hydrogen (secondary N) is 2. The monoisotopic (exact) mass is 330 g/mol. The van der Waals surface area contributed by atoms with E-state index in [9.17, 15) is 9.59 Å². The van der Waals surface area contributed by atoms with E-state index < -0.39 is 6.04 Å². The van der Waals surface area contributed by atoms with E-state index >= 15 is 0 Å². The van der Waals surface area contributed by atoms with Gasteiger partial charge in [0.05, 0.1) is 4.88 Å². The van der Waals surface area contributed by atoms with Crippen LogP contribution in [0.5, 0.6) is 0 Å². The summed E-state index contributed by atoms with van der Waals surface area (Å²) in [6, 6.07) is 10.7. The van der Waals surface area contributed by atoms with Gasteiger partial charge in [-0.25, -0.2) is 0 Å². The predicted octanol–water partition coefficient (Wildman–Crippen LogP) is 3.70. The summed E-state index contributed by atoms with van der Waals surface area (Å²) in [7, 11) is 0. The van der Waals surface area contributed by atoms with Crippen molar-refractivity contribution < 1.29 is 9.59 Å². The largest absolute Gasteiger partial charge is 0.339 e. The Hall–Kier alpha value is -2.14. The first-order valence-corrected chi connectivity index (χ1v) is 8.63. The maximum atomic E-state index is 12.5. The van der Waals surface area contributed by atoms with Gasteiger partial charge in [0.2, 0.25) is 5.91 Å². The number of hydrogen-bond acceptors (Lipinski definition) is 3. The van der Waals surface area contributed by atoms with Crippen LogP contribution in [0.15, 0.2) is 41.8 Å². The minimum absolute atomic E-state index is 0.00572. The van der Waals surface area contributed by atoms with Crippen molar-refractivity contribution in [1.82, 2.24) is 5.32 Å². The summed E-state index contributed by atoms with van der Waals surface area (Å²) in [6.07, 6.45) is 0.958. The Balaban J connectivity index is 2.04. The Morgan fingerprint density at radius 1 is 1.13 bits per heavy atom. The van der Waals surface area contributed by atoms with E-state index in [1.807, 2.05) is 49.6 Å². The zero-order chi connectivity index (χ0) is 16.8. The number of anilines is 1. The third kappa shape index (κ3) is 4.66. The second-order valence-electron chi connectivity index (χ2n) is 5.71. The first-order chi connectivity index (χ1) is 11.0. The van der Waals surface area contributed by atoms with Crippen molar-refractivity contribution in [2.45, 2.75) is 33.2 Å². The summed E-state index contributed by atoms with van der Waals surface area (Å²) in [6.45, 7) is 5.92. The van der Waals surface area contributed by atoms with Crippen LogP contribution >= 0.6 is 11.3 Å². The van der Waals surface area contributed by atoms with Crippen LogP contribution in [0.25, 0.3) is 0 Å². The van der Waals surface area contributed by atoms with Crippen molar-refractivity contribution in [3.05, 3.63) is 52.2 Å². The minimum atomic E-state index is -0.574. The molecule has 0 aliphatic heterocycles. The molecule has 0 radical (unpaired) electrons. The average molecular weight is 330 g/mol. The van der Waals surface area contributed by atoms with E-state index in [1.54, 1.807) is 6.07 Å². The van der Waals surface area contributed by atoms with Crippen LogP contribution in [0.1, 0.15) is 36.0 Å². The van der Waals surface area contributed by atoms with E-state index in [0.717, 1.165) is 12.1 Å². The molecule has 5 heteroatoms. The molecule has 4 nitrogen and oxygen atoms in total. The van der Waals surface area contributed by atoms with Gasteiger partial charge in [-0.05, 0) is 41.5 Å². The molecule has 0 aliphatic carbocycles. The molecule has 0 bridgehead atoms. The van der Waals surface area contributed by atoms with Crippen LogP contribution in [0.3, 0.4) is 0 Å². The minimum Gasteiger partial charge on any atom is -0.339 e. The molecule has 0 saturated carbocycles. The molecule has 1 unspecified atom stereocenters. The summed E-state index contributed by atoms with van der Waals surface area (Å²) in [5.74, 6) is -0.418. The molecule has 0 spiro atoms. The smallest absolute Gasteiger partial charge is 0.262 e. The van der Waals surface area contributed by atoms with Crippen molar-refractivity contribution in [3.8, 4) is 0 Å². The van der Waals surface area contributed by atoms with Crippen molar-refractivity contribution >= 4 is 28.8 Å². The third-order valence-corrected chi connectivity index (χ3v) is 4.48. The summed E-state index contributed by atoms with van der Waals surface area (Å²) in [5.41, 5.74) is 1.96. The van der Waals surface area contributed by atoms with Gasteiger partial charge in [-0.1, -0.05) is 39.0 Å². The second-order valence-corrected chi connectivity index (χ2v) is 6.66. The summed E-state index contributed by atoms with van der Waals surface area (Å²) in [5, 5.41) is 7.54. The fourth-order valence-corrected chi connectivity index (χ4v) is 2.83. The number of hydrogen-bond donors (Lipinski definition) is 2. The van der Waals surface area contributed by atoms with E-state index in [-0.39, 0.29) is 17.7 Å². The SMILES string of the molecule is CCc1ccc(NC(=O)C(NC(=O)c2cccs2)C(C)C)cc1. The number of aryl methyl sites for hydroxylation is 1. The summed E-state index contributed by atoms with van der Waals surface area (Å²) < 4.78 is 0. The fraction of sp³-hybridized carbons (Fsp3) is 0.333. The van der Waals surface area contributed by atoms with E-state index in [2.05, 4.69) is 17.6 Å². The molecule has 1 atom stereocenters. The van der Waals surface area contributed by atoms with Crippen molar-refractivity contribution in [2.24, 2.45) is 5.92 Å². The quantitative estimate of drug-likeness (QED) is 0.848. The van der Waals surface area contributed by atoms with Crippen LogP contribution < -0.4 is 10.6 Å². The lowest BCUT2D eigenvalue weighted by Crippen LogP contribution is -2.46. The number of carbonyl (C=O) groups is 2.